The van der Waals surface area contributed by atoms with Crippen LogP contribution < -0.4 is 4.74 Å². The molecule has 0 spiro atoms. The third kappa shape index (κ3) is 3.42. The lowest BCUT2D eigenvalue weighted by Crippen LogP contribution is -2.42. The normalized spacial score (nSPS) is 16.9. The van der Waals surface area contributed by atoms with Crippen LogP contribution in [0.2, 0.25) is 0 Å². The van der Waals surface area contributed by atoms with E-state index in [1.807, 2.05) is 32.0 Å². The number of benzene rings is 1. The zero-order chi connectivity index (χ0) is 17.2. The van der Waals surface area contributed by atoms with Gasteiger partial charge in [-0.05, 0) is 37.8 Å². The molecule has 2 heterocycles. The Bertz CT molecular complexity index is 781. The van der Waals surface area contributed by atoms with E-state index in [0.717, 1.165) is 11.1 Å². The quantitative estimate of drug-likeness (QED) is 0.849. The second-order valence-electron chi connectivity index (χ2n) is 5.99. The van der Waals surface area contributed by atoms with Crippen LogP contribution in [0.1, 0.15) is 24.0 Å². The molecule has 128 valence electrons. The summed E-state index contributed by atoms with van der Waals surface area (Å²) in [6.07, 6.45) is 5.98. The highest BCUT2D eigenvalue weighted by atomic mass is 32.2. The number of nitrogens with zero attached hydrogens (tertiary/aromatic N) is 3. The first-order valence-corrected chi connectivity index (χ1v) is 9.41. The predicted octanol–water partition coefficient (Wildman–Crippen LogP) is 2.33. The van der Waals surface area contributed by atoms with Crippen molar-refractivity contribution in [1.29, 1.82) is 0 Å². The summed E-state index contributed by atoms with van der Waals surface area (Å²) in [5.74, 6) is 0.480. The van der Waals surface area contributed by atoms with Crippen molar-refractivity contribution in [2.75, 3.05) is 13.1 Å². The Balaban J connectivity index is 1.70. The van der Waals surface area contributed by atoms with Gasteiger partial charge in [-0.15, -0.1) is 0 Å². The van der Waals surface area contributed by atoms with Crippen LogP contribution in [0.3, 0.4) is 0 Å². The Morgan fingerprint density at radius 3 is 2.38 bits per heavy atom. The number of sulfonamides is 1. The largest absolute Gasteiger partial charge is 0.473 e. The van der Waals surface area contributed by atoms with Crippen LogP contribution in [0.25, 0.3) is 0 Å². The summed E-state index contributed by atoms with van der Waals surface area (Å²) in [7, 11) is -3.47. The first-order valence-electron chi connectivity index (χ1n) is 7.97. The van der Waals surface area contributed by atoms with Crippen molar-refractivity contribution in [3.8, 4) is 5.88 Å². The summed E-state index contributed by atoms with van der Waals surface area (Å²) >= 11 is 0. The Labute approximate surface area is 142 Å². The second-order valence-corrected chi connectivity index (χ2v) is 7.86. The molecule has 1 aliphatic heterocycles. The summed E-state index contributed by atoms with van der Waals surface area (Å²) in [6.45, 7) is 4.57. The van der Waals surface area contributed by atoms with Crippen LogP contribution in [0, 0.1) is 13.8 Å². The molecule has 2 aromatic rings. The van der Waals surface area contributed by atoms with E-state index in [-0.39, 0.29) is 6.10 Å². The minimum atomic E-state index is -3.47. The molecular formula is C17H21N3O3S. The Kier molecular flexibility index (Phi) is 4.82. The molecule has 1 fully saturated rings. The first-order chi connectivity index (χ1) is 11.5. The van der Waals surface area contributed by atoms with Gasteiger partial charge in [-0.2, -0.15) is 4.31 Å². The van der Waals surface area contributed by atoms with Crippen molar-refractivity contribution < 1.29 is 13.2 Å². The van der Waals surface area contributed by atoms with Crippen LogP contribution in [0.4, 0.5) is 0 Å². The fourth-order valence-corrected chi connectivity index (χ4v) is 4.94. The number of hydrogen-bond acceptors (Lipinski definition) is 5. The lowest BCUT2D eigenvalue weighted by Gasteiger charge is -2.31. The van der Waals surface area contributed by atoms with Gasteiger partial charge in [0, 0.05) is 25.5 Å². The molecule has 3 rings (SSSR count). The second kappa shape index (κ2) is 6.86. The molecule has 1 saturated heterocycles. The number of hydrogen-bond donors (Lipinski definition) is 0. The molecule has 7 heteroatoms. The van der Waals surface area contributed by atoms with Gasteiger partial charge >= 0.3 is 0 Å². The zero-order valence-corrected chi connectivity index (χ0v) is 14.7. The lowest BCUT2D eigenvalue weighted by molar-refractivity contribution is 0.129. The smallest absolute Gasteiger partial charge is 0.243 e. The monoisotopic (exact) mass is 347 g/mol. The summed E-state index contributed by atoms with van der Waals surface area (Å²) in [5.41, 5.74) is 1.57. The maximum Gasteiger partial charge on any atom is 0.243 e. The van der Waals surface area contributed by atoms with Gasteiger partial charge < -0.3 is 4.74 Å². The van der Waals surface area contributed by atoms with Gasteiger partial charge in [0.1, 0.15) is 6.10 Å². The van der Waals surface area contributed by atoms with Crippen molar-refractivity contribution in [3.05, 3.63) is 47.9 Å². The highest BCUT2D eigenvalue weighted by molar-refractivity contribution is 7.89. The molecule has 0 saturated carbocycles. The molecule has 0 unspecified atom stereocenters. The third-order valence-electron chi connectivity index (χ3n) is 4.23. The number of rotatable bonds is 4. The standard InChI is InChI=1S/C17H21N3O3S/c1-13-4-3-5-14(2)17(13)24(21,22)20-10-6-15(7-11-20)23-16-12-18-8-9-19-16/h3-5,8-9,12,15H,6-7,10-11H2,1-2H3. The van der Waals surface area contributed by atoms with Crippen LogP contribution in [0.5, 0.6) is 5.88 Å². The minimum Gasteiger partial charge on any atom is -0.473 e. The van der Waals surface area contributed by atoms with Crippen molar-refractivity contribution in [3.63, 3.8) is 0 Å². The Hall–Kier alpha value is -1.99. The van der Waals surface area contributed by atoms with Crippen LogP contribution >= 0.6 is 0 Å². The molecule has 0 bridgehead atoms. The third-order valence-corrected chi connectivity index (χ3v) is 6.44. The van der Waals surface area contributed by atoms with Gasteiger partial charge in [-0.25, -0.2) is 13.4 Å². The maximum atomic E-state index is 13.0. The van der Waals surface area contributed by atoms with Crippen LogP contribution in [0.15, 0.2) is 41.7 Å². The van der Waals surface area contributed by atoms with Crippen molar-refractivity contribution in [2.45, 2.75) is 37.7 Å². The van der Waals surface area contributed by atoms with Gasteiger partial charge in [-0.1, -0.05) is 18.2 Å². The van der Waals surface area contributed by atoms with Gasteiger partial charge in [0.25, 0.3) is 0 Å². The zero-order valence-electron chi connectivity index (χ0n) is 13.8. The topological polar surface area (TPSA) is 72.4 Å². The number of aryl methyl sites for hydroxylation is 2. The molecule has 0 aliphatic carbocycles. The van der Waals surface area contributed by atoms with E-state index in [0.29, 0.717) is 36.7 Å². The highest BCUT2D eigenvalue weighted by Gasteiger charge is 2.32. The van der Waals surface area contributed by atoms with Gasteiger partial charge in [0.2, 0.25) is 15.9 Å². The average molecular weight is 347 g/mol. The van der Waals surface area contributed by atoms with Gasteiger partial charge in [-0.3, -0.25) is 4.98 Å². The van der Waals surface area contributed by atoms with E-state index in [1.165, 1.54) is 0 Å². The SMILES string of the molecule is Cc1cccc(C)c1S(=O)(=O)N1CCC(Oc2cnccn2)CC1. The van der Waals surface area contributed by atoms with E-state index < -0.39 is 10.0 Å². The summed E-state index contributed by atoms with van der Waals surface area (Å²) in [4.78, 5) is 8.49. The van der Waals surface area contributed by atoms with E-state index in [9.17, 15) is 8.42 Å². The molecule has 1 aromatic heterocycles. The number of aromatic nitrogens is 2. The van der Waals surface area contributed by atoms with E-state index in [1.54, 1.807) is 22.9 Å². The summed E-state index contributed by atoms with van der Waals surface area (Å²) in [5, 5.41) is 0. The lowest BCUT2D eigenvalue weighted by atomic mass is 10.1. The van der Waals surface area contributed by atoms with E-state index >= 15 is 0 Å². The predicted molar refractivity (Wildman–Crippen MR) is 90.4 cm³/mol. The summed E-state index contributed by atoms with van der Waals surface area (Å²) < 4.78 is 33.2. The molecular weight excluding hydrogens is 326 g/mol. The summed E-state index contributed by atoms with van der Waals surface area (Å²) in [6, 6.07) is 5.55. The maximum absolute atomic E-state index is 13.0. The molecule has 1 aliphatic rings. The first kappa shape index (κ1) is 16.9. The van der Waals surface area contributed by atoms with Crippen LogP contribution in [-0.2, 0) is 10.0 Å². The van der Waals surface area contributed by atoms with E-state index in [4.69, 9.17) is 4.74 Å². The molecule has 0 atom stereocenters. The fourth-order valence-electron chi connectivity index (χ4n) is 3.04. The molecule has 1 aromatic carbocycles. The minimum absolute atomic E-state index is 0.0360. The van der Waals surface area contributed by atoms with Gasteiger partial charge in [0.05, 0.1) is 11.1 Å². The molecule has 0 N–H and O–H groups in total. The number of piperidine rings is 1. The van der Waals surface area contributed by atoms with E-state index in [2.05, 4.69) is 9.97 Å². The van der Waals surface area contributed by atoms with Crippen molar-refractivity contribution in [2.24, 2.45) is 0 Å². The van der Waals surface area contributed by atoms with Gasteiger partial charge in [0.15, 0.2) is 0 Å². The molecule has 0 radical (unpaired) electrons. The molecule has 6 nitrogen and oxygen atoms in total. The van der Waals surface area contributed by atoms with Crippen molar-refractivity contribution in [1.82, 2.24) is 14.3 Å². The Morgan fingerprint density at radius 2 is 1.79 bits per heavy atom. The molecule has 24 heavy (non-hydrogen) atoms. The Morgan fingerprint density at radius 1 is 1.12 bits per heavy atom. The van der Waals surface area contributed by atoms with Crippen molar-refractivity contribution >= 4 is 10.0 Å². The average Bonchev–Trinajstić information content (AvgIpc) is 2.56. The van der Waals surface area contributed by atoms with Crippen LogP contribution in [-0.4, -0.2) is 41.9 Å². The molecule has 0 amide bonds. The highest BCUT2D eigenvalue weighted by Crippen LogP contribution is 2.27. The fraction of sp³-hybridized carbons (Fsp3) is 0.412. The number of ether oxygens (including phenoxy) is 1.